The van der Waals surface area contributed by atoms with E-state index in [1.54, 1.807) is 30.3 Å². The number of nitrogens with one attached hydrogen (secondary N) is 2. The number of anilines is 2. The zero-order chi connectivity index (χ0) is 18.8. The van der Waals surface area contributed by atoms with E-state index in [0.717, 1.165) is 0 Å². The van der Waals surface area contributed by atoms with Gasteiger partial charge >= 0.3 is 5.97 Å². The molecule has 0 fully saturated rings. The van der Waals surface area contributed by atoms with Gasteiger partial charge in [0.2, 0.25) is 5.91 Å². The van der Waals surface area contributed by atoms with Gasteiger partial charge in [0.05, 0.1) is 5.02 Å². The Kier molecular flexibility index (Phi) is 4.88. The fourth-order valence-corrected chi connectivity index (χ4v) is 3.16. The Hall–Kier alpha value is -2.96. The molecule has 0 unspecified atom stereocenters. The van der Waals surface area contributed by atoms with Gasteiger partial charge in [0, 0.05) is 38.9 Å². The number of H-pyrrole nitrogens is 1. The van der Waals surface area contributed by atoms with Gasteiger partial charge in [0.1, 0.15) is 5.69 Å². The van der Waals surface area contributed by atoms with E-state index in [1.165, 1.54) is 18.2 Å². The van der Waals surface area contributed by atoms with Crippen LogP contribution < -0.4 is 11.1 Å². The molecule has 1 heterocycles. The number of carboxylic acids is 1. The maximum Gasteiger partial charge on any atom is 0.352 e. The van der Waals surface area contributed by atoms with Gasteiger partial charge in [0.25, 0.3) is 0 Å². The van der Waals surface area contributed by atoms with Crippen molar-refractivity contribution in [3.63, 3.8) is 0 Å². The Balaban J connectivity index is 1.96. The molecule has 3 aromatic rings. The van der Waals surface area contributed by atoms with Crippen LogP contribution in [0.5, 0.6) is 0 Å². The molecule has 132 valence electrons. The van der Waals surface area contributed by atoms with Crippen molar-refractivity contribution in [1.29, 1.82) is 0 Å². The van der Waals surface area contributed by atoms with Gasteiger partial charge in [-0.3, -0.25) is 4.79 Å². The number of amides is 1. The number of aromatic carboxylic acids is 1. The third kappa shape index (κ3) is 3.66. The minimum Gasteiger partial charge on any atom is -0.477 e. The average Bonchev–Trinajstić information content (AvgIpc) is 2.92. The molecule has 0 bridgehead atoms. The number of nitrogen functional groups attached to an aromatic ring is 1. The van der Waals surface area contributed by atoms with Crippen molar-refractivity contribution >= 4 is 63.4 Å². The number of hydrogen-bond acceptors (Lipinski definition) is 3. The van der Waals surface area contributed by atoms with Gasteiger partial charge in [-0.1, -0.05) is 29.3 Å². The summed E-state index contributed by atoms with van der Waals surface area (Å²) in [5.74, 6) is -1.62. The maximum atomic E-state index is 12.1. The van der Waals surface area contributed by atoms with Gasteiger partial charge in [0.15, 0.2) is 0 Å². The van der Waals surface area contributed by atoms with Gasteiger partial charge in [-0.05, 0) is 36.4 Å². The molecular weight excluding hydrogens is 377 g/mol. The second kappa shape index (κ2) is 7.11. The Morgan fingerprint density at radius 2 is 1.96 bits per heavy atom. The van der Waals surface area contributed by atoms with Crippen LogP contribution in [0.4, 0.5) is 11.4 Å². The lowest BCUT2D eigenvalue weighted by Gasteiger charge is -2.03. The molecule has 0 aliphatic heterocycles. The van der Waals surface area contributed by atoms with Crippen molar-refractivity contribution in [2.45, 2.75) is 0 Å². The summed E-state index contributed by atoms with van der Waals surface area (Å²) in [5, 5.41) is 13.2. The first-order valence-electron chi connectivity index (χ1n) is 7.44. The van der Waals surface area contributed by atoms with E-state index in [-0.39, 0.29) is 16.3 Å². The number of aromatic amines is 1. The van der Waals surface area contributed by atoms with Crippen molar-refractivity contribution in [3.8, 4) is 0 Å². The van der Waals surface area contributed by atoms with Crippen molar-refractivity contribution in [2.24, 2.45) is 0 Å². The topological polar surface area (TPSA) is 108 Å². The molecule has 1 aromatic heterocycles. The molecule has 0 aliphatic carbocycles. The number of nitrogens with two attached hydrogens (primary N) is 1. The van der Waals surface area contributed by atoms with E-state index in [2.05, 4.69) is 10.3 Å². The number of carbonyl (C=O) groups is 2. The first kappa shape index (κ1) is 17.8. The lowest BCUT2D eigenvalue weighted by Crippen LogP contribution is -2.08. The molecule has 1 amide bonds. The summed E-state index contributed by atoms with van der Waals surface area (Å²) < 4.78 is 0. The van der Waals surface area contributed by atoms with Crippen LogP contribution in [0.1, 0.15) is 16.1 Å². The number of halogens is 2. The van der Waals surface area contributed by atoms with Crippen molar-refractivity contribution < 1.29 is 14.7 Å². The van der Waals surface area contributed by atoms with Crippen LogP contribution in [0.3, 0.4) is 0 Å². The van der Waals surface area contributed by atoms with E-state index in [9.17, 15) is 14.7 Å². The molecule has 8 heteroatoms. The number of fused-ring (bicyclic) bond motifs is 1. The first-order valence-corrected chi connectivity index (χ1v) is 8.19. The van der Waals surface area contributed by atoms with Crippen LogP contribution in [-0.2, 0) is 4.79 Å². The fraction of sp³-hybridized carbons (Fsp3) is 0. The average molecular weight is 390 g/mol. The predicted octanol–water partition coefficient (Wildman–Crippen LogP) is 4.41. The highest BCUT2D eigenvalue weighted by atomic mass is 35.5. The number of carbonyl (C=O) groups excluding carboxylic acids is 1. The highest BCUT2D eigenvalue weighted by Gasteiger charge is 2.18. The minimum atomic E-state index is -1.18. The monoisotopic (exact) mass is 389 g/mol. The summed E-state index contributed by atoms with van der Waals surface area (Å²) in [6.45, 7) is 0. The highest BCUT2D eigenvalue weighted by molar-refractivity contribution is 6.39. The molecule has 2 aromatic carbocycles. The van der Waals surface area contributed by atoms with E-state index in [0.29, 0.717) is 27.3 Å². The summed E-state index contributed by atoms with van der Waals surface area (Å²) in [6.07, 6.45) is 2.62. The predicted molar refractivity (Wildman–Crippen MR) is 104 cm³/mol. The van der Waals surface area contributed by atoms with Crippen LogP contribution in [-0.4, -0.2) is 22.0 Å². The van der Waals surface area contributed by atoms with E-state index < -0.39 is 11.9 Å². The highest BCUT2D eigenvalue weighted by Crippen LogP contribution is 2.33. The SMILES string of the molecule is Nc1cccc(NC(=O)/C=C/c2c(C(=O)O)[nH]c3cc(Cl)cc(Cl)c23)c1. The molecule has 0 aliphatic rings. The van der Waals surface area contributed by atoms with Crippen molar-refractivity contribution in [1.82, 2.24) is 4.98 Å². The van der Waals surface area contributed by atoms with Crippen molar-refractivity contribution in [2.75, 3.05) is 11.1 Å². The molecule has 6 nitrogen and oxygen atoms in total. The van der Waals surface area contributed by atoms with Crippen LogP contribution in [0.15, 0.2) is 42.5 Å². The minimum absolute atomic E-state index is 0.0860. The first-order chi connectivity index (χ1) is 12.3. The summed E-state index contributed by atoms with van der Waals surface area (Å²) in [6, 6.07) is 9.78. The molecule has 3 rings (SSSR count). The molecule has 0 atom stereocenters. The van der Waals surface area contributed by atoms with Crippen LogP contribution >= 0.6 is 23.2 Å². The largest absolute Gasteiger partial charge is 0.477 e. The van der Waals surface area contributed by atoms with Gasteiger partial charge in [-0.25, -0.2) is 4.79 Å². The Bertz CT molecular complexity index is 1060. The second-order valence-corrected chi connectivity index (χ2v) is 6.32. The zero-order valence-corrected chi connectivity index (χ0v) is 14.7. The standard InChI is InChI=1S/C18H13Cl2N3O3/c19-9-6-13(20)16-12(17(18(25)26)23-14(16)7-9)4-5-15(24)22-11-3-1-2-10(21)8-11/h1-8,23H,21H2,(H,22,24)(H,25,26)/b5-4+. The number of rotatable bonds is 4. The summed E-state index contributed by atoms with van der Waals surface area (Å²) in [4.78, 5) is 26.4. The normalized spacial score (nSPS) is 11.2. The lowest BCUT2D eigenvalue weighted by atomic mass is 10.1. The van der Waals surface area contributed by atoms with Gasteiger partial charge < -0.3 is 21.1 Å². The summed E-state index contributed by atoms with van der Waals surface area (Å²) in [7, 11) is 0. The zero-order valence-electron chi connectivity index (χ0n) is 13.2. The lowest BCUT2D eigenvalue weighted by molar-refractivity contribution is -0.111. The Morgan fingerprint density at radius 1 is 1.19 bits per heavy atom. The molecule has 0 saturated heterocycles. The van der Waals surface area contributed by atoms with E-state index in [1.807, 2.05) is 0 Å². The second-order valence-electron chi connectivity index (χ2n) is 5.48. The fourth-order valence-electron chi connectivity index (χ4n) is 2.57. The molecular formula is C18H13Cl2N3O3. The third-order valence-corrected chi connectivity index (χ3v) is 4.14. The molecule has 0 radical (unpaired) electrons. The maximum absolute atomic E-state index is 12.1. The Morgan fingerprint density at radius 3 is 2.65 bits per heavy atom. The smallest absolute Gasteiger partial charge is 0.352 e. The number of benzene rings is 2. The molecule has 26 heavy (non-hydrogen) atoms. The number of hydrogen-bond donors (Lipinski definition) is 4. The Labute approximate surface area is 158 Å². The van der Waals surface area contributed by atoms with Crippen LogP contribution in [0, 0.1) is 0 Å². The number of aromatic nitrogens is 1. The van der Waals surface area contributed by atoms with E-state index in [4.69, 9.17) is 28.9 Å². The van der Waals surface area contributed by atoms with Crippen LogP contribution in [0.2, 0.25) is 10.0 Å². The van der Waals surface area contributed by atoms with E-state index >= 15 is 0 Å². The van der Waals surface area contributed by atoms with Crippen LogP contribution in [0.25, 0.3) is 17.0 Å². The quantitative estimate of drug-likeness (QED) is 0.391. The van der Waals surface area contributed by atoms with Gasteiger partial charge in [-0.15, -0.1) is 0 Å². The molecule has 0 spiro atoms. The molecule has 0 saturated carbocycles. The molecule has 5 N–H and O–H groups in total. The third-order valence-electron chi connectivity index (χ3n) is 3.62. The van der Waals surface area contributed by atoms with Crippen molar-refractivity contribution in [3.05, 3.63) is 63.8 Å². The summed E-state index contributed by atoms with van der Waals surface area (Å²) in [5.41, 5.74) is 7.38. The summed E-state index contributed by atoms with van der Waals surface area (Å²) >= 11 is 12.2. The van der Waals surface area contributed by atoms with Gasteiger partial charge in [-0.2, -0.15) is 0 Å². The number of carboxylic acid groups (broad SMARTS) is 1.